The van der Waals surface area contributed by atoms with E-state index in [0.717, 1.165) is 0 Å². The average Bonchev–Trinajstić information content (AvgIpc) is 2.74. The number of halogens is 2. The van der Waals surface area contributed by atoms with E-state index in [1.807, 2.05) is 0 Å². The first kappa shape index (κ1) is 15.2. The van der Waals surface area contributed by atoms with Gasteiger partial charge in [-0.1, -0.05) is 20.8 Å². The van der Waals surface area contributed by atoms with E-state index < -0.39 is 5.82 Å². The molecule has 3 nitrogen and oxygen atoms in total. The summed E-state index contributed by atoms with van der Waals surface area (Å²) in [5.41, 5.74) is 0.301. The molecule has 5 heteroatoms. The summed E-state index contributed by atoms with van der Waals surface area (Å²) in [6, 6.07) is 4.04. The number of carbonyl (C=O) groups is 2. The Bertz CT molecular complexity index is 565. The number of benzene rings is 1. The van der Waals surface area contributed by atoms with Crippen molar-refractivity contribution in [3.63, 3.8) is 0 Å². The van der Waals surface area contributed by atoms with Gasteiger partial charge in [0.15, 0.2) is 0 Å². The highest BCUT2D eigenvalue weighted by molar-refractivity contribution is 9.10. The van der Waals surface area contributed by atoms with Crippen LogP contribution in [0.3, 0.4) is 0 Å². The van der Waals surface area contributed by atoms with Gasteiger partial charge >= 0.3 is 0 Å². The van der Waals surface area contributed by atoms with Gasteiger partial charge in [-0.2, -0.15) is 0 Å². The van der Waals surface area contributed by atoms with Crippen LogP contribution in [0.5, 0.6) is 0 Å². The third-order valence-corrected chi connectivity index (χ3v) is 4.37. The summed E-state index contributed by atoms with van der Waals surface area (Å²) in [6.07, 6.45) is 0.387. The highest BCUT2D eigenvalue weighted by Crippen LogP contribution is 2.35. The Morgan fingerprint density at radius 3 is 2.55 bits per heavy atom. The highest BCUT2D eigenvalue weighted by atomic mass is 79.9. The van der Waals surface area contributed by atoms with Crippen molar-refractivity contribution in [2.75, 3.05) is 6.54 Å². The Labute approximate surface area is 126 Å². The fourth-order valence-electron chi connectivity index (χ4n) is 2.27. The number of carbonyl (C=O) groups excluding carboxylic acids is 2. The molecule has 1 aliphatic rings. The molecule has 0 aromatic heterocycles. The molecule has 1 aromatic carbocycles. The van der Waals surface area contributed by atoms with Crippen molar-refractivity contribution >= 4 is 27.7 Å². The lowest BCUT2D eigenvalue weighted by Gasteiger charge is -2.26. The molecule has 1 aromatic rings. The number of hydrogen-bond donors (Lipinski definition) is 0. The molecule has 2 rings (SSSR count). The number of imide groups is 1. The Balaban J connectivity index is 2.21. The molecule has 0 saturated carbocycles. The van der Waals surface area contributed by atoms with Crippen LogP contribution in [0.2, 0.25) is 0 Å². The Morgan fingerprint density at radius 2 is 2.05 bits per heavy atom. The van der Waals surface area contributed by atoms with Crippen molar-refractivity contribution in [3.8, 4) is 0 Å². The summed E-state index contributed by atoms with van der Waals surface area (Å²) < 4.78 is 13.4. The van der Waals surface area contributed by atoms with Crippen molar-refractivity contribution < 1.29 is 14.0 Å². The standard InChI is InChI=1S/C15H17BrFNO2/c1-15(2,3)10-7-13(19)18(8-10)14(20)9-4-5-12(17)11(16)6-9/h4-6,10H,7-8H2,1-3H3. The van der Waals surface area contributed by atoms with Gasteiger partial charge in [-0.15, -0.1) is 0 Å². The highest BCUT2D eigenvalue weighted by Gasteiger charge is 2.39. The summed E-state index contributed by atoms with van der Waals surface area (Å²) in [5.74, 6) is -0.789. The van der Waals surface area contributed by atoms with Crippen LogP contribution in [-0.2, 0) is 4.79 Å². The molecule has 0 radical (unpaired) electrons. The van der Waals surface area contributed by atoms with Gasteiger partial charge in [0.25, 0.3) is 5.91 Å². The van der Waals surface area contributed by atoms with Crippen molar-refractivity contribution in [2.45, 2.75) is 27.2 Å². The zero-order chi connectivity index (χ0) is 15.1. The summed E-state index contributed by atoms with van der Waals surface area (Å²) in [6.45, 7) is 6.62. The van der Waals surface area contributed by atoms with E-state index in [4.69, 9.17) is 0 Å². The normalized spacial score (nSPS) is 19.6. The second-order valence-electron chi connectivity index (χ2n) is 6.21. The minimum Gasteiger partial charge on any atom is -0.278 e. The number of rotatable bonds is 1. The zero-order valence-corrected chi connectivity index (χ0v) is 13.3. The van der Waals surface area contributed by atoms with Gasteiger partial charge in [0.2, 0.25) is 5.91 Å². The molecule has 20 heavy (non-hydrogen) atoms. The molecule has 1 atom stereocenters. The predicted molar refractivity (Wildman–Crippen MR) is 77.7 cm³/mol. The maximum Gasteiger partial charge on any atom is 0.260 e. The minimum atomic E-state index is -0.429. The lowest BCUT2D eigenvalue weighted by molar-refractivity contribution is -0.125. The molecule has 0 spiro atoms. The molecule has 1 aliphatic heterocycles. The molecule has 1 fully saturated rings. The van der Waals surface area contributed by atoms with Crippen molar-refractivity contribution in [1.29, 1.82) is 0 Å². The van der Waals surface area contributed by atoms with E-state index in [0.29, 0.717) is 18.5 Å². The molecule has 1 saturated heterocycles. The zero-order valence-electron chi connectivity index (χ0n) is 11.7. The summed E-state index contributed by atoms with van der Waals surface area (Å²) in [4.78, 5) is 25.6. The quantitative estimate of drug-likeness (QED) is 0.731. The van der Waals surface area contributed by atoms with Crippen molar-refractivity contribution in [1.82, 2.24) is 4.90 Å². The van der Waals surface area contributed by atoms with Crippen LogP contribution in [-0.4, -0.2) is 23.3 Å². The van der Waals surface area contributed by atoms with E-state index in [-0.39, 0.29) is 27.6 Å². The van der Waals surface area contributed by atoms with Crippen LogP contribution < -0.4 is 0 Å². The largest absolute Gasteiger partial charge is 0.278 e. The first-order chi connectivity index (χ1) is 9.20. The molecule has 0 N–H and O–H groups in total. The maximum absolute atomic E-state index is 13.2. The Kier molecular flexibility index (Phi) is 4.00. The molecule has 2 amide bonds. The van der Waals surface area contributed by atoms with Crippen LogP contribution in [0.15, 0.2) is 22.7 Å². The first-order valence-electron chi connectivity index (χ1n) is 6.50. The molecule has 1 heterocycles. The molecule has 1 unspecified atom stereocenters. The van der Waals surface area contributed by atoms with Crippen LogP contribution in [0.1, 0.15) is 37.6 Å². The Morgan fingerprint density at radius 1 is 1.40 bits per heavy atom. The topological polar surface area (TPSA) is 37.4 Å². The molecular formula is C15H17BrFNO2. The summed E-state index contributed by atoms with van der Waals surface area (Å²) >= 11 is 3.05. The van der Waals surface area contributed by atoms with Crippen LogP contribution >= 0.6 is 15.9 Å². The second-order valence-corrected chi connectivity index (χ2v) is 7.06. The van der Waals surface area contributed by atoms with E-state index in [1.54, 1.807) is 0 Å². The lowest BCUT2D eigenvalue weighted by atomic mass is 9.80. The third kappa shape index (κ3) is 2.92. The van der Waals surface area contributed by atoms with Crippen LogP contribution in [0, 0.1) is 17.2 Å². The molecule has 0 bridgehead atoms. The van der Waals surface area contributed by atoms with Gasteiger partial charge in [-0.3, -0.25) is 14.5 Å². The van der Waals surface area contributed by atoms with Crippen LogP contribution in [0.4, 0.5) is 4.39 Å². The number of hydrogen-bond acceptors (Lipinski definition) is 2. The van der Waals surface area contributed by atoms with Gasteiger partial charge in [-0.05, 0) is 45.5 Å². The van der Waals surface area contributed by atoms with E-state index in [9.17, 15) is 14.0 Å². The Hall–Kier alpha value is -1.23. The molecular weight excluding hydrogens is 325 g/mol. The fourth-order valence-corrected chi connectivity index (χ4v) is 2.65. The van der Waals surface area contributed by atoms with E-state index in [1.165, 1.54) is 23.1 Å². The van der Waals surface area contributed by atoms with Gasteiger partial charge < -0.3 is 0 Å². The van der Waals surface area contributed by atoms with Gasteiger partial charge in [-0.25, -0.2) is 4.39 Å². The van der Waals surface area contributed by atoms with Crippen molar-refractivity contribution in [3.05, 3.63) is 34.1 Å². The second kappa shape index (κ2) is 5.28. The summed E-state index contributed by atoms with van der Waals surface area (Å²) in [7, 11) is 0. The van der Waals surface area contributed by atoms with Gasteiger partial charge in [0.1, 0.15) is 5.82 Å². The van der Waals surface area contributed by atoms with E-state index >= 15 is 0 Å². The number of likely N-dealkylation sites (tertiary alicyclic amines) is 1. The van der Waals surface area contributed by atoms with E-state index in [2.05, 4.69) is 36.7 Å². The van der Waals surface area contributed by atoms with Gasteiger partial charge in [0.05, 0.1) is 4.47 Å². The van der Waals surface area contributed by atoms with Crippen molar-refractivity contribution in [2.24, 2.45) is 11.3 Å². The predicted octanol–water partition coefficient (Wildman–Crippen LogP) is 3.62. The molecule has 108 valence electrons. The maximum atomic E-state index is 13.2. The average molecular weight is 342 g/mol. The third-order valence-electron chi connectivity index (χ3n) is 3.76. The first-order valence-corrected chi connectivity index (χ1v) is 7.29. The minimum absolute atomic E-state index is 0.0198. The van der Waals surface area contributed by atoms with Gasteiger partial charge in [0, 0.05) is 18.5 Å². The van der Waals surface area contributed by atoms with Crippen LogP contribution in [0.25, 0.3) is 0 Å². The lowest BCUT2D eigenvalue weighted by Crippen LogP contribution is -2.33. The molecule has 0 aliphatic carbocycles. The smallest absolute Gasteiger partial charge is 0.260 e. The number of nitrogens with zero attached hydrogens (tertiary/aromatic N) is 1. The summed E-state index contributed by atoms with van der Waals surface area (Å²) in [5, 5.41) is 0. The number of amides is 2. The monoisotopic (exact) mass is 341 g/mol. The SMILES string of the molecule is CC(C)(C)C1CC(=O)N(C(=O)c2ccc(F)c(Br)c2)C1. The fraction of sp³-hybridized carbons (Fsp3) is 0.467.